The van der Waals surface area contributed by atoms with Crippen LogP contribution >= 0.6 is 12.6 Å². The average Bonchev–Trinajstić information content (AvgIpc) is 2.60. The molecule has 3 heteroatoms. The van der Waals surface area contributed by atoms with Gasteiger partial charge in [0.2, 0.25) is 0 Å². The first-order valence-corrected chi connectivity index (χ1v) is 4.54. The van der Waals surface area contributed by atoms with Gasteiger partial charge in [0.25, 0.3) is 0 Å². The Bertz CT molecular complexity index is 275. The van der Waals surface area contributed by atoms with E-state index in [0.29, 0.717) is 10.6 Å². The van der Waals surface area contributed by atoms with Crippen LogP contribution in [0.3, 0.4) is 0 Å². The van der Waals surface area contributed by atoms with Crippen molar-refractivity contribution in [3.05, 3.63) is 41.3 Å². The van der Waals surface area contributed by atoms with Crippen LogP contribution in [0.4, 0.5) is 0 Å². The van der Waals surface area contributed by atoms with Crippen molar-refractivity contribution in [1.82, 2.24) is 0 Å². The number of rotatable bonds is 2. The molecule has 2 N–H and O–H groups in total. The Kier molecular flexibility index (Phi) is 5.89. The van der Waals surface area contributed by atoms with Gasteiger partial charge in [-0.15, -0.1) is 12.6 Å². The van der Waals surface area contributed by atoms with Crippen LogP contribution in [0.25, 0.3) is 6.08 Å². The van der Waals surface area contributed by atoms with Gasteiger partial charge in [0.15, 0.2) is 0 Å². The maximum Gasteiger partial charge on any atom is 0.127 e. The summed E-state index contributed by atoms with van der Waals surface area (Å²) in [4.78, 5) is 0.625. The summed E-state index contributed by atoms with van der Waals surface area (Å²) in [6.45, 7) is 7.53. The van der Waals surface area contributed by atoms with E-state index in [1.54, 1.807) is 18.4 Å². The van der Waals surface area contributed by atoms with E-state index in [1.807, 2.05) is 19.9 Å². The first kappa shape index (κ1) is 11.9. The largest absolute Gasteiger partial charge is 0.465 e. The highest BCUT2D eigenvalue weighted by molar-refractivity contribution is 7.85. The van der Waals surface area contributed by atoms with E-state index >= 15 is 0 Å². The van der Waals surface area contributed by atoms with Crippen LogP contribution in [0.5, 0.6) is 0 Å². The molecular weight excluding hydrogens is 182 g/mol. The minimum absolute atomic E-state index is 0.435. The number of thiol groups is 1. The topological polar surface area (TPSA) is 39.2 Å². The van der Waals surface area contributed by atoms with Crippen LogP contribution in [-0.2, 0) is 0 Å². The molecule has 0 radical (unpaired) electrons. The third kappa shape index (κ3) is 4.48. The maximum absolute atomic E-state index is 5.37. The molecule has 0 amide bonds. The van der Waals surface area contributed by atoms with E-state index in [0.717, 1.165) is 5.76 Å². The van der Waals surface area contributed by atoms with Gasteiger partial charge in [-0.3, -0.25) is 0 Å². The van der Waals surface area contributed by atoms with Crippen molar-refractivity contribution < 1.29 is 4.42 Å². The molecule has 72 valence electrons. The van der Waals surface area contributed by atoms with Gasteiger partial charge in [-0.05, 0) is 18.2 Å². The van der Waals surface area contributed by atoms with Crippen LogP contribution in [0.15, 0.2) is 40.0 Å². The molecule has 2 nitrogen and oxygen atoms in total. The Labute approximate surface area is 84.5 Å². The Morgan fingerprint density at radius 2 is 2.23 bits per heavy atom. The van der Waals surface area contributed by atoms with Crippen LogP contribution in [-0.4, -0.2) is 0 Å². The predicted molar refractivity (Wildman–Crippen MR) is 60.3 cm³/mol. The lowest BCUT2D eigenvalue weighted by Crippen LogP contribution is -1.93. The van der Waals surface area contributed by atoms with Crippen molar-refractivity contribution in [2.24, 2.45) is 5.73 Å². The summed E-state index contributed by atoms with van der Waals surface area (Å²) in [6.07, 6.45) is 3.30. The van der Waals surface area contributed by atoms with E-state index in [-0.39, 0.29) is 0 Å². The average molecular weight is 197 g/mol. The Balaban J connectivity index is 0.000000671. The summed E-state index contributed by atoms with van der Waals surface area (Å²) >= 11 is 4.09. The molecule has 0 fully saturated rings. The second-order valence-electron chi connectivity index (χ2n) is 2.07. The van der Waals surface area contributed by atoms with Crippen LogP contribution in [0.2, 0.25) is 0 Å². The molecular formula is C10H15NOS. The Morgan fingerprint density at radius 3 is 2.62 bits per heavy atom. The van der Waals surface area contributed by atoms with E-state index in [9.17, 15) is 0 Å². The highest BCUT2D eigenvalue weighted by Crippen LogP contribution is 2.13. The van der Waals surface area contributed by atoms with Crippen LogP contribution in [0.1, 0.15) is 19.6 Å². The molecule has 0 atom stereocenters. The number of nitrogens with two attached hydrogens (primary N) is 1. The van der Waals surface area contributed by atoms with Crippen molar-refractivity contribution in [1.29, 1.82) is 0 Å². The van der Waals surface area contributed by atoms with Crippen molar-refractivity contribution in [3.63, 3.8) is 0 Å². The molecule has 0 aliphatic carbocycles. The fraction of sp³-hybridized carbons (Fsp3) is 0.200. The van der Waals surface area contributed by atoms with Crippen molar-refractivity contribution in [2.75, 3.05) is 0 Å². The quantitative estimate of drug-likeness (QED) is 0.565. The summed E-state index contributed by atoms with van der Waals surface area (Å²) < 4.78 is 5.03. The molecule has 0 bridgehead atoms. The van der Waals surface area contributed by atoms with Crippen molar-refractivity contribution in [2.45, 2.75) is 13.8 Å². The van der Waals surface area contributed by atoms with E-state index in [1.165, 1.54) is 0 Å². The van der Waals surface area contributed by atoms with Crippen LogP contribution in [0, 0.1) is 0 Å². The zero-order valence-corrected chi connectivity index (χ0v) is 8.84. The molecule has 13 heavy (non-hydrogen) atoms. The maximum atomic E-state index is 5.37. The normalized spacial score (nSPS) is 10.2. The Morgan fingerprint density at radius 1 is 1.62 bits per heavy atom. The zero-order valence-electron chi connectivity index (χ0n) is 7.95. The third-order valence-electron chi connectivity index (χ3n) is 1.15. The minimum atomic E-state index is 0.435. The highest BCUT2D eigenvalue weighted by atomic mass is 32.1. The fourth-order valence-corrected chi connectivity index (χ4v) is 0.728. The molecule has 1 aromatic rings. The number of hydrogen-bond acceptors (Lipinski definition) is 3. The summed E-state index contributed by atoms with van der Waals surface area (Å²) in [6, 6.07) is 3.62. The summed E-state index contributed by atoms with van der Waals surface area (Å²) in [5.74, 6) is 0.724. The van der Waals surface area contributed by atoms with Gasteiger partial charge < -0.3 is 10.2 Å². The van der Waals surface area contributed by atoms with E-state index < -0.39 is 0 Å². The van der Waals surface area contributed by atoms with Gasteiger partial charge >= 0.3 is 0 Å². The lowest BCUT2D eigenvalue weighted by atomic mass is 10.3. The lowest BCUT2D eigenvalue weighted by Gasteiger charge is -1.94. The van der Waals surface area contributed by atoms with E-state index in [4.69, 9.17) is 10.2 Å². The first-order chi connectivity index (χ1) is 6.20. The molecule has 0 aliphatic rings. The summed E-state index contributed by atoms with van der Waals surface area (Å²) in [7, 11) is 0. The standard InChI is InChI=1S/C8H9NOS.C2H6/c1-6(9)8(11)5-7-3-2-4-10-7;1-2/h2-5,11H,1,9H2;1-2H3/b8-5+;. The molecule has 1 aromatic heterocycles. The second kappa shape index (κ2) is 6.43. The monoisotopic (exact) mass is 197 g/mol. The van der Waals surface area contributed by atoms with Gasteiger partial charge in [-0.25, -0.2) is 0 Å². The van der Waals surface area contributed by atoms with Crippen LogP contribution < -0.4 is 5.73 Å². The third-order valence-corrected chi connectivity index (χ3v) is 1.57. The summed E-state index contributed by atoms with van der Waals surface area (Å²) in [5, 5.41) is 0. The van der Waals surface area contributed by atoms with Gasteiger partial charge in [0, 0.05) is 10.6 Å². The fourth-order valence-electron chi connectivity index (χ4n) is 0.601. The molecule has 0 saturated carbocycles. The molecule has 0 aliphatic heterocycles. The van der Waals surface area contributed by atoms with Crippen molar-refractivity contribution in [3.8, 4) is 0 Å². The second-order valence-corrected chi connectivity index (χ2v) is 2.55. The Hall–Kier alpha value is -1.09. The molecule has 0 unspecified atom stereocenters. The first-order valence-electron chi connectivity index (χ1n) is 4.09. The minimum Gasteiger partial charge on any atom is -0.465 e. The molecule has 0 saturated heterocycles. The van der Waals surface area contributed by atoms with E-state index in [2.05, 4.69) is 19.2 Å². The smallest absolute Gasteiger partial charge is 0.127 e. The highest BCUT2D eigenvalue weighted by Gasteiger charge is 1.93. The van der Waals surface area contributed by atoms with Crippen molar-refractivity contribution >= 4 is 18.7 Å². The SMILES string of the molecule is C=C(N)/C(S)=C\c1ccco1.CC. The van der Waals surface area contributed by atoms with Gasteiger partial charge in [-0.2, -0.15) is 0 Å². The molecule has 1 rings (SSSR count). The molecule has 1 heterocycles. The molecule has 0 aromatic carbocycles. The number of furan rings is 1. The predicted octanol–water partition coefficient (Wildman–Crippen LogP) is 3.05. The molecule has 0 spiro atoms. The lowest BCUT2D eigenvalue weighted by molar-refractivity contribution is 0.557. The summed E-state index contributed by atoms with van der Waals surface area (Å²) in [5.41, 5.74) is 5.81. The zero-order chi connectivity index (χ0) is 10.3. The van der Waals surface area contributed by atoms with Gasteiger partial charge in [-0.1, -0.05) is 20.4 Å². The van der Waals surface area contributed by atoms with Gasteiger partial charge in [0.05, 0.1) is 6.26 Å². The van der Waals surface area contributed by atoms with Gasteiger partial charge in [0.1, 0.15) is 5.76 Å². The number of hydrogen-bond donors (Lipinski definition) is 2.